The Morgan fingerprint density at radius 1 is 1.11 bits per heavy atom. The van der Waals surface area contributed by atoms with Crippen molar-refractivity contribution in [2.45, 2.75) is 64.2 Å². The molecule has 3 rings (SSSR count). The van der Waals surface area contributed by atoms with Gasteiger partial charge in [0.25, 0.3) is 11.8 Å². The van der Waals surface area contributed by atoms with Crippen LogP contribution in [0.25, 0.3) is 0 Å². The van der Waals surface area contributed by atoms with Crippen LogP contribution >= 0.6 is 0 Å². The monoisotopic (exact) mass is 384 g/mol. The van der Waals surface area contributed by atoms with Gasteiger partial charge >= 0.3 is 0 Å². The molecule has 1 aliphatic rings. The zero-order valence-electron chi connectivity index (χ0n) is 16.8. The summed E-state index contributed by atoms with van der Waals surface area (Å²) < 4.78 is 0. The third-order valence-corrected chi connectivity index (χ3v) is 4.76. The molecule has 0 unspecified atom stereocenters. The third kappa shape index (κ3) is 4.95. The minimum Gasteiger partial charge on any atom is -0.348 e. The Morgan fingerprint density at radius 3 is 2.46 bits per heavy atom. The van der Waals surface area contributed by atoms with Gasteiger partial charge in [0.15, 0.2) is 5.69 Å². The van der Waals surface area contributed by atoms with Gasteiger partial charge in [0.1, 0.15) is 5.69 Å². The Bertz CT molecular complexity index is 827. The van der Waals surface area contributed by atoms with Gasteiger partial charge in [-0.1, -0.05) is 6.07 Å². The molecular weight excluding hydrogens is 356 g/mol. The fraction of sp³-hybridized carbons (Fsp3) is 0.500. The summed E-state index contributed by atoms with van der Waals surface area (Å²) in [6, 6.07) is 5.49. The van der Waals surface area contributed by atoms with Crippen LogP contribution in [0.4, 0.5) is 0 Å². The number of aromatic nitrogens is 3. The lowest BCUT2D eigenvalue weighted by Gasteiger charge is -2.46. The predicted molar refractivity (Wildman–Crippen MR) is 106 cm³/mol. The summed E-state index contributed by atoms with van der Waals surface area (Å²) in [6.07, 6.45) is 4.63. The number of carbonyl (C=O) groups excluding carboxylic acids is 2. The van der Waals surface area contributed by atoms with Crippen LogP contribution in [0, 0.1) is 0 Å². The normalized spacial score (nSPS) is 18.4. The van der Waals surface area contributed by atoms with Gasteiger partial charge in [-0.05, 0) is 52.7 Å². The molecule has 1 aliphatic heterocycles. The molecule has 4 N–H and O–H groups in total. The number of rotatable bonds is 5. The SMILES string of the molecule is CC1(C)CC(NC(=O)c2nc[nH]c2C(=O)NCc2ccccn2)CC(C)(C)N1. The summed E-state index contributed by atoms with van der Waals surface area (Å²) in [7, 11) is 0. The minimum atomic E-state index is -0.390. The number of imidazole rings is 1. The summed E-state index contributed by atoms with van der Waals surface area (Å²) in [4.78, 5) is 36.3. The molecule has 0 radical (unpaired) electrons. The summed E-state index contributed by atoms with van der Waals surface area (Å²) >= 11 is 0. The number of pyridine rings is 1. The zero-order chi connectivity index (χ0) is 20.4. The summed E-state index contributed by atoms with van der Waals surface area (Å²) in [5.41, 5.74) is 0.816. The van der Waals surface area contributed by atoms with Crippen LogP contribution in [0.1, 0.15) is 67.2 Å². The molecule has 0 aliphatic carbocycles. The van der Waals surface area contributed by atoms with Crippen molar-refractivity contribution in [3.63, 3.8) is 0 Å². The van der Waals surface area contributed by atoms with E-state index in [1.165, 1.54) is 6.33 Å². The molecule has 2 aromatic rings. The summed E-state index contributed by atoms with van der Waals surface area (Å²) in [5, 5.41) is 9.40. The molecule has 0 aromatic carbocycles. The van der Waals surface area contributed by atoms with E-state index in [1.807, 2.05) is 18.2 Å². The van der Waals surface area contributed by atoms with E-state index in [2.05, 4.69) is 58.6 Å². The van der Waals surface area contributed by atoms with Crippen molar-refractivity contribution < 1.29 is 9.59 Å². The van der Waals surface area contributed by atoms with Crippen molar-refractivity contribution in [2.24, 2.45) is 0 Å². The van der Waals surface area contributed by atoms with E-state index in [9.17, 15) is 9.59 Å². The van der Waals surface area contributed by atoms with E-state index in [1.54, 1.807) is 6.20 Å². The largest absolute Gasteiger partial charge is 0.348 e. The second kappa shape index (κ2) is 7.71. The first-order valence-electron chi connectivity index (χ1n) is 9.47. The summed E-state index contributed by atoms with van der Waals surface area (Å²) in [6.45, 7) is 8.77. The van der Waals surface area contributed by atoms with Crippen LogP contribution < -0.4 is 16.0 Å². The molecule has 1 saturated heterocycles. The molecule has 8 heteroatoms. The van der Waals surface area contributed by atoms with Gasteiger partial charge < -0.3 is 20.9 Å². The first-order valence-corrected chi connectivity index (χ1v) is 9.47. The maximum atomic E-state index is 12.8. The highest BCUT2D eigenvalue weighted by atomic mass is 16.2. The smallest absolute Gasteiger partial charge is 0.272 e. The average molecular weight is 384 g/mol. The van der Waals surface area contributed by atoms with Crippen molar-refractivity contribution >= 4 is 11.8 Å². The first kappa shape index (κ1) is 20.0. The predicted octanol–water partition coefficient (Wildman–Crippen LogP) is 1.77. The van der Waals surface area contributed by atoms with Crippen LogP contribution in [0.2, 0.25) is 0 Å². The lowest BCUT2D eigenvalue weighted by molar-refractivity contribution is 0.0854. The molecule has 0 atom stereocenters. The highest BCUT2D eigenvalue weighted by molar-refractivity contribution is 6.04. The standard InChI is InChI=1S/C20H28N6O2/c1-19(2)9-14(10-20(3,4)26-19)25-18(28)16-15(23-12-24-16)17(27)22-11-13-7-5-6-8-21-13/h5-8,12,14,26H,9-11H2,1-4H3,(H,22,27)(H,23,24)(H,25,28). The number of amides is 2. The van der Waals surface area contributed by atoms with E-state index in [4.69, 9.17) is 0 Å². The Hall–Kier alpha value is -2.74. The number of hydrogen-bond donors (Lipinski definition) is 4. The number of aromatic amines is 1. The number of nitrogens with one attached hydrogen (secondary N) is 4. The van der Waals surface area contributed by atoms with Crippen molar-refractivity contribution in [2.75, 3.05) is 0 Å². The molecule has 0 bridgehead atoms. The molecule has 3 heterocycles. The Labute approximate surface area is 164 Å². The van der Waals surface area contributed by atoms with Gasteiger partial charge in [-0.25, -0.2) is 4.98 Å². The van der Waals surface area contributed by atoms with Gasteiger partial charge in [0.2, 0.25) is 0 Å². The summed E-state index contributed by atoms with van der Waals surface area (Å²) in [5.74, 6) is -0.734. The van der Waals surface area contributed by atoms with Crippen molar-refractivity contribution in [3.8, 4) is 0 Å². The molecule has 150 valence electrons. The number of nitrogens with zero attached hydrogens (tertiary/aromatic N) is 2. The van der Waals surface area contributed by atoms with E-state index < -0.39 is 0 Å². The lowest BCUT2D eigenvalue weighted by Crippen LogP contribution is -2.62. The average Bonchev–Trinajstić information content (AvgIpc) is 3.07. The van der Waals surface area contributed by atoms with Crippen LogP contribution in [-0.2, 0) is 6.54 Å². The Morgan fingerprint density at radius 2 is 1.82 bits per heavy atom. The highest BCUT2D eigenvalue weighted by Gasteiger charge is 2.38. The highest BCUT2D eigenvalue weighted by Crippen LogP contribution is 2.28. The maximum absolute atomic E-state index is 12.8. The Balaban J connectivity index is 1.65. The van der Waals surface area contributed by atoms with Crippen LogP contribution in [-0.4, -0.2) is 43.9 Å². The van der Waals surface area contributed by atoms with Gasteiger partial charge in [0, 0.05) is 23.3 Å². The van der Waals surface area contributed by atoms with Crippen molar-refractivity contribution in [1.29, 1.82) is 0 Å². The van der Waals surface area contributed by atoms with E-state index >= 15 is 0 Å². The molecule has 2 amide bonds. The van der Waals surface area contributed by atoms with Crippen LogP contribution in [0.15, 0.2) is 30.7 Å². The molecule has 28 heavy (non-hydrogen) atoms. The van der Waals surface area contributed by atoms with Gasteiger partial charge in [0.05, 0.1) is 18.6 Å². The molecule has 1 fully saturated rings. The van der Waals surface area contributed by atoms with E-state index in [-0.39, 0.29) is 46.9 Å². The fourth-order valence-electron chi connectivity index (χ4n) is 4.08. The molecule has 0 spiro atoms. The van der Waals surface area contributed by atoms with Crippen molar-refractivity contribution in [3.05, 3.63) is 47.8 Å². The molecule has 0 saturated carbocycles. The second-order valence-corrected chi connectivity index (χ2v) is 8.60. The topological polar surface area (TPSA) is 112 Å². The lowest BCUT2D eigenvalue weighted by atomic mass is 9.79. The van der Waals surface area contributed by atoms with E-state index in [0.29, 0.717) is 0 Å². The molecule has 2 aromatic heterocycles. The fourth-order valence-corrected chi connectivity index (χ4v) is 4.08. The minimum absolute atomic E-state index is 0.000111. The number of hydrogen-bond acceptors (Lipinski definition) is 5. The van der Waals surface area contributed by atoms with Gasteiger partial charge in [-0.3, -0.25) is 14.6 Å². The van der Waals surface area contributed by atoms with E-state index in [0.717, 1.165) is 18.5 Å². The Kier molecular flexibility index (Phi) is 5.51. The zero-order valence-corrected chi connectivity index (χ0v) is 16.8. The molecular formula is C20H28N6O2. The quantitative estimate of drug-likeness (QED) is 0.628. The van der Waals surface area contributed by atoms with Gasteiger partial charge in [-0.15, -0.1) is 0 Å². The molecule has 8 nitrogen and oxygen atoms in total. The third-order valence-electron chi connectivity index (χ3n) is 4.76. The second-order valence-electron chi connectivity index (χ2n) is 8.60. The number of piperidine rings is 1. The van der Waals surface area contributed by atoms with Crippen LogP contribution in [0.3, 0.4) is 0 Å². The number of carbonyl (C=O) groups is 2. The number of H-pyrrole nitrogens is 1. The first-order chi connectivity index (χ1) is 13.2. The van der Waals surface area contributed by atoms with Crippen LogP contribution in [0.5, 0.6) is 0 Å². The maximum Gasteiger partial charge on any atom is 0.272 e. The van der Waals surface area contributed by atoms with Crippen molar-refractivity contribution in [1.82, 2.24) is 30.9 Å². The van der Waals surface area contributed by atoms with Gasteiger partial charge in [-0.2, -0.15) is 0 Å².